The normalized spacial score (nSPS) is 9.92. The Bertz CT molecular complexity index is 203. The van der Waals surface area contributed by atoms with E-state index in [1.807, 2.05) is 0 Å². The summed E-state index contributed by atoms with van der Waals surface area (Å²) in [5.41, 5.74) is -2.96. The van der Waals surface area contributed by atoms with Crippen molar-refractivity contribution in [2.24, 2.45) is 0 Å². The molecule has 0 spiro atoms. The molecule has 0 radical (unpaired) electrons. The highest BCUT2D eigenvalue weighted by Gasteiger charge is 2.53. The Morgan fingerprint density at radius 3 is 1.23 bits per heavy atom. The number of rotatable bonds is 4. The zero-order valence-electron chi connectivity index (χ0n) is 6.47. The lowest BCUT2D eigenvalue weighted by molar-refractivity contribution is -0.168. The summed E-state index contributed by atoms with van der Waals surface area (Å²) in [6.07, 6.45) is 0. The Balaban J connectivity index is 0. The predicted molar refractivity (Wildman–Crippen MR) is 41.9 cm³/mol. The standard InChI is InChI=1S/C5H7NO6.ClH/c1-6-5(2(7)8,3(9)10)4(11)12;/h6H,1H3,(H,7,8)(H,9,10)(H,11,12);1H. The van der Waals surface area contributed by atoms with Crippen LogP contribution < -0.4 is 5.32 Å². The molecule has 0 heterocycles. The largest absolute Gasteiger partial charge is 0.479 e. The molecule has 0 amide bonds. The lowest BCUT2D eigenvalue weighted by Gasteiger charge is -2.18. The van der Waals surface area contributed by atoms with Gasteiger partial charge < -0.3 is 15.3 Å². The van der Waals surface area contributed by atoms with Crippen LogP contribution >= 0.6 is 12.4 Å². The van der Waals surface area contributed by atoms with Crippen LogP contribution in [-0.4, -0.2) is 45.8 Å². The maximum atomic E-state index is 10.3. The van der Waals surface area contributed by atoms with Crippen molar-refractivity contribution in [3.63, 3.8) is 0 Å². The van der Waals surface area contributed by atoms with E-state index in [0.717, 1.165) is 7.05 Å². The highest BCUT2D eigenvalue weighted by molar-refractivity contribution is 6.21. The molecule has 13 heavy (non-hydrogen) atoms. The molecule has 4 N–H and O–H groups in total. The number of likely N-dealkylation sites (N-methyl/N-ethyl adjacent to an activating group) is 1. The smallest absolute Gasteiger partial charge is 0.347 e. The molecule has 0 bridgehead atoms. The molecule has 0 atom stereocenters. The fourth-order valence-corrected chi connectivity index (χ4v) is 0.595. The van der Waals surface area contributed by atoms with Crippen LogP contribution in [0.3, 0.4) is 0 Å². The predicted octanol–water partition coefficient (Wildman–Crippen LogP) is -1.38. The van der Waals surface area contributed by atoms with E-state index in [9.17, 15) is 14.4 Å². The van der Waals surface area contributed by atoms with Gasteiger partial charge in [0.25, 0.3) is 0 Å². The van der Waals surface area contributed by atoms with Crippen molar-refractivity contribution < 1.29 is 29.7 Å². The molecular weight excluding hydrogens is 206 g/mol. The van der Waals surface area contributed by atoms with Gasteiger partial charge in [-0.2, -0.15) is 0 Å². The van der Waals surface area contributed by atoms with Crippen LogP contribution in [0.15, 0.2) is 0 Å². The molecule has 0 saturated carbocycles. The van der Waals surface area contributed by atoms with E-state index >= 15 is 0 Å². The minimum absolute atomic E-state index is 0. The number of carbonyl (C=O) groups is 3. The zero-order chi connectivity index (χ0) is 9.94. The minimum Gasteiger partial charge on any atom is -0.479 e. The van der Waals surface area contributed by atoms with Gasteiger partial charge in [0.1, 0.15) is 0 Å². The van der Waals surface area contributed by atoms with Crippen molar-refractivity contribution in [3.8, 4) is 0 Å². The lowest BCUT2D eigenvalue weighted by Crippen LogP contribution is -2.62. The van der Waals surface area contributed by atoms with Crippen LogP contribution in [0, 0.1) is 0 Å². The summed E-state index contributed by atoms with van der Waals surface area (Å²) in [7, 11) is 0.941. The van der Waals surface area contributed by atoms with Crippen molar-refractivity contribution >= 4 is 30.3 Å². The number of aliphatic carboxylic acids is 3. The molecule has 0 aliphatic carbocycles. The van der Waals surface area contributed by atoms with Crippen molar-refractivity contribution in [3.05, 3.63) is 0 Å². The maximum absolute atomic E-state index is 10.3. The molecule has 0 saturated heterocycles. The molecule has 7 nitrogen and oxygen atoms in total. The van der Waals surface area contributed by atoms with Gasteiger partial charge in [-0.05, 0) is 7.05 Å². The molecule has 0 rings (SSSR count). The van der Waals surface area contributed by atoms with Crippen LogP contribution in [0.25, 0.3) is 0 Å². The van der Waals surface area contributed by atoms with Crippen molar-refractivity contribution in [2.45, 2.75) is 5.54 Å². The summed E-state index contributed by atoms with van der Waals surface area (Å²) in [5.74, 6) is -5.90. The second-order valence-corrected chi connectivity index (χ2v) is 1.92. The zero-order valence-corrected chi connectivity index (χ0v) is 7.29. The fourth-order valence-electron chi connectivity index (χ4n) is 0.595. The van der Waals surface area contributed by atoms with Gasteiger partial charge in [-0.15, -0.1) is 12.4 Å². The average Bonchev–Trinajstić information content (AvgIpc) is 1.86. The Kier molecular flexibility index (Phi) is 5.06. The fraction of sp³-hybridized carbons (Fsp3) is 0.400. The first-order valence-corrected chi connectivity index (χ1v) is 2.78. The van der Waals surface area contributed by atoms with Gasteiger partial charge in [-0.1, -0.05) is 0 Å². The summed E-state index contributed by atoms with van der Waals surface area (Å²) in [6.45, 7) is 0. The number of carboxylic acids is 3. The maximum Gasteiger partial charge on any atom is 0.347 e. The highest BCUT2D eigenvalue weighted by Crippen LogP contribution is 2.04. The van der Waals surface area contributed by atoms with E-state index in [0.29, 0.717) is 0 Å². The van der Waals surface area contributed by atoms with Gasteiger partial charge in [0.05, 0.1) is 0 Å². The van der Waals surface area contributed by atoms with E-state index in [4.69, 9.17) is 15.3 Å². The molecule has 0 aromatic rings. The van der Waals surface area contributed by atoms with Crippen LogP contribution in [0.5, 0.6) is 0 Å². The van der Waals surface area contributed by atoms with Crippen molar-refractivity contribution in [2.75, 3.05) is 7.05 Å². The lowest BCUT2D eigenvalue weighted by atomic mass is 10.0. The van der Waals surface area contributed by atoms with Crippen LogP contribution in [0.2, 0.25) is 0 Å². The SMILES string of the molecule is CNC(C(=O)O)(C(=O)O)C(=O)O.Cl. The summed E-state index contributed by atoms with van der Waals surface area (Å²) in [5, 5.41) is 26.7. The second-order valence-electron chi connectivity index (χ2n) is 1.92. The monoisotopic (exact) mass is 213 g/mol. The first-order chi connectivity index (χ1) is 5.39. The molecule has 0 aromatic heterocycles. The Morgan fingerprint density at radius 1 is 1.00 bits per heavy atom. The van der Waals surface area contributed by atoms with Gasteiger partial charge in [0.15, 0.2) is 0 Å². The summed E-state index contributed by atoms with van der Waals surface area (Å²) in [4.78, 5) is 30.9. The van der Waals surface area contributed by atoms with E-state index in [1.54, 1.807) is 5.32 Å². The summed E-state index contributed by atoms with van der Waals surface area (Å²) < 4.78 is 0. The number of hydrogen-bond donors (Lipinski definition) is 4. The van der Waals surface area contributed by atoms with Gasteiger partial charge in [-0.25, -0.2) is 14.4 Å². The first kappa shape index (κ1) is 14.2. The number of halogens is 1. The third-order valence-corrected chi connectivity index (χ3v) is 1.34. The molecule has 0 aliphatic rings. The Hall–Kier alpha value is -1.34. The van der Waals surface area contributed by atoms with Gasteiger partial charge in [0.2, 0.25) is 0 Å². The minimum atomic E-state index is -2.96. The van der Waals surface area contributed by atoms with Gasteiger partial charge in [-0.3, -0.25) is 5.32 Å². The molecule has 0 aliphatic heterocycles. The molecule has 8 heteroatoms. The second kappa shape index (κ2) is 4.63. The Labute approximate surface area is 78.8 Å². The van der Waals surface area contributed by atoms with Crippen molar-refractivity contribution in [1.82, 2.24) is 5.32 Å². The van der Waals surface area contributed by atoms with E-state index in [2.05, 4.69) is 0 Å². The van der Waals surface area contributed by atoms with E-state index in [1.165, 1.54) is 0 Å². The third-order valence-electron chi connectivity index (χ3n) is 1.34. The molecule has 0 aromatic carbocycles. The molecule has 0 unspecified atom stereocenters. The molecular formula is C5H8ClNO6. The third kappa shape index (κ3) is 2.07. The van der Waals surface area contributed by atoms with Gasteiger partial charge >= 0.3 is 23.4 Å². The van der Waals surface area contributed by atoms with Gasteiger partial charge in [0, 0.05) is 0 Å². The number of nitrogens with one attached hydrogen (secondary N) is 1. The van der Waals surface area contributed by atoms with Crippen LogP contribution in [0.4, 0.5) is 0 Å². The topological polar surface area (TPSA) is 124 Å². The summed E-state index contributed by atoms with van der Waals surface area (Å²) in [6, 6.07) is 0. The van der Waals surface area contributed by atoms with Crippen LogP contribution in [-0.2, 0) is 14.4 Å². The van der Waals surface area contributed by atoms with E-state index in [-0.39, 0.29) is 12.4 Å². The molecule has 0 fully saturated rings. The highest BCUT2D eigenvalue weighted by atomic mass is 35.5. The molecule has 76 valence electrons. The van der Waals surface area contributed by atoms with Crippen molar-refractivity contribution in [1.29, 1.82) is 0 Å². The summed E-state index contributed by atoms with van der Waals surface area (Å²) >= 11 is 0. The first-order valence-electron chi connectivity index (χ1n) is 2.78. The average molecular weight is 214 g/mol. The van der Waals surface area contributed by atoms with Crippen LogP contribution in [0.1, 0.15) is 0 Å². The Morgan fingerprint density at radius 2 is 1.23 bits per heavy atom. The quantitative estimate of drug-likeness (QED) is 0.424. The van der Waals surface area contributed by atoms with E-state index < -0.39 is 23.4 Å². The number of hydrogen-bond acceptors (Lipinski definition) is 4. The number of carboxylic acid groups (broad SMARTS) is 3.